The van der Waals surface area contributed by atoms with E-state index in [1.807, 2.05) is 19.2 Å². The first-order chi connectivity index (χ1) is 19.7. The fraction of sp³-hybridized carbons (Fsp3) is 0.724. The Bertz CT molecular complexity index is 1010. The molecule has 0 fully saturated rings. The number of ether oxygens (including phenoxy) is 1. The van der Waals surface area contributed by atoms with E-state index in [9.17, 15) is 19.2 Å². The summed E-state index contributed by atoms with van der Waals surface area (Å²) in [4.78, 5) is 59.7. The van der Waals surface area contributed by atoms with Crippen molar-refractivity contribution in [1.82, 2.24) is 15.6 Å². The Hall–Kier alpha value is -1.92. The van der Waals surface area contributed by atoms with E-state index in [0.717, 1.165) is 35.0 Å². The third-order valence-corrected chi connectivity index (χ3v) is 9.52. The highest BCUT2D eigenvalue weighted by atomic mass is 32.2. The first-order valence-corrected chi connectivity index (χ1v) is 17.5. The highest BCUT2D eigenvalue weighted by Gasteiger charge is 2.29. The maximum absolute atomic E-state index is 13.1. The molecule has 230 valence electrons. The number of carbonyl (C=O) groups is 4. The number of unbranched alkanes of at least 4 members (excludes halogenated alkanes) is 5. The van der Waals surface area contributed by atoms with Gasteiger partial charge in [0.15, 0.2) is 5.12 Å². The second-order valence-electron chi connectivity index (χ2n) is 10.5. The van der Waals surface area contributed by atoms with Crippen molar-refractivity contribution in [1.29, 1.82) is 0 Å². The monoisotopic (exact) mass is 626 g/mol. The van der Waals surface area contributed by atoms with Crippen molar-refractivity contribution in [3.8, 4) is 0 Å². The summed E-state index contributed by atoms with van der Waals surface area (Å²) < 4.78 is 5.82. The van der Waals surface area contributed by atoms with Gasteiger partial charge in [0.2, 0.25) is 11.8 Å². The smallest absolute Gasteiger partial charge is 0.329 e. The number of esters is 1. The zero-order chi connectivity index (χ0) is 30.0. The quantitative estimate of drug-likeness (QED) is 0.230. The van der Waals surface area contributed by atoms with Crippen molar-refractivity contribution in [2.24, 2.45) is 10.9 Å². The molecule has 2 heterocycles. The Balaban J connectivity index is 1.98. The summed E-state index contributed by atoms with van der Waals surface area (Å²) in [7, 11) is 1.68. The van der Waals surface area contributed by atoms with E-state index in [0.29, 0.717) is 30.8 Å². The van der Waals surface area contributed by atoms with Gasteiger partial charge in [-0.2, -0.15) is 0 Å². The number of fused-ring (bicyclic) bond motifs is 2. The van der Waals surface area contributed by atoms with Gasteiger partial charge in [0.25, 0.3) is 0 Å². The summed E-state index contributed by atoms with van der Waals surface area (Å²) in [5.41, 5.74) is 0.723. The van der Waals surface area contributed by atoms with Gasteiger partial charge in [-0.25, -0.2) is 9.78 Å². The number of aromatic nitrogens is 1. The van der Waals surface area contributed by atoms with Crippen LogP contribution in [-0.2, 0) is 30.5 Å². The third kappa shape index (κ3) is 14.2. The van der Waals surface area contributed by atoms with Crippen LogP contribution in [0.5, 0.6) is 0 Å². The van der Waals surface area contributed by atoms with E-state index < -0.39 is 18.1 Å². The molecule has 0 radical (unpaired) electrons. The molecular formula is C29H46N4O5S3. The summed E-state index contributed by atoms with van der Waals surface area (Å²) in [6.07, 6.45) is 7.86. The average Bonchev–Trinajstić information content (AvgIpc) is 3.40. The van der Waals surface area contributed by atoms with Gasteiger partial charge < -0.3 is 15.4 Å². The number of rotatable bonds is 12. The van der Waals surface area contributed by atoms with Crippen LogP contribution < -0.4 is 10.6 Å². The molecule has 0 saturated carbocycles. The van der Waals surface area contributed by atoms with Crippen molar-refractivity contribution in [2.45, 2.75) is 110 Å². The van der Waals surface area contributed by atoms with E-state index in [4.69, 9.17) is 4.74 Å². The molecule has 12 heteroatoms. The van der Waals surface area contributed by atoms with Crippen LogP contribution >= 0.6 is 34.9 Å². The number of amides is 2. The van der Waals surface area contributed by atoms with Crippen molar-refractivity contribution in [3.63, 3.8) is 0 Å². The second kappa shape index (κ2) is 20.1. The van der Waals surface area contributed by atoms with E-state index in [-0.39, 0.29) is 42.2 Å². The molecule has 0 spiro atoms. The van der Waals surface area contributed by atoms with E-state index in [1.165, 1.54) is 54.1 Å². The number of hydrogen-bond donors (Lipinski definition) is 2. The number of nitrogens with one attached hydrogen (secondary N) is 2. The van der Waals surface area contributed by atoms with Crippen LogP contribution in [0.1, 0.15) is 102 Å². The first-order valence-electron chi connectivity index (χ1n) is 14.7. The number of hydrogen-bond acceptors (Lipinski definition) is 10. The molecule has 2 bridgehead atoms. The topological polar surface area (TPSA) is 127 Å². The van der Waals surface area contributed by atoms with Crippen LogP contribution in [0, 0.1) is 5.92 Å². The van der Waals surface area contributed by atoms with Gasteiger partial charge in [-0.3, -0.25) is 19.4 Å². The molecule has 0 aromatic carbocycles. The minimum Gasteiger partial charge on any atom is -0.460 e. The van der Waals surface area contributed by atoms with Crippen LogP contribution in [0.2, 0.25) is 0 Å². The number of nitrogens with zero attached hydrogens (tertiary/aromatic N) is 2. The molecule has 41 heavy (non-hydrogen) atoms. The fourth-order valence-electron chi connectivity index (χ4n) is 4.23. The number of thiazole rings is 1. The summed E-state index contributed by atoms with van der Waals surface area (Å²) in [5, 5.41) is 9.31. The summed E-state index contributed by atoms with van der Waals surface area (Å²) in [5.74, 6) is 0.00757. The van der Waals surface area contributed by atoms with Crippen LogP contribution in [0.15, 0.2) is 10.4 Å². The lowest BCUT2D eigenvalue weighted by Gasteiger charge is -2.24. The van der Waals surface area contributed by atoms with Crippen molar-refractivity contribution >= 4 is 62.8 Å². The van der Waals surface area contributed by atoms with Gasteiger partial charge in [0.1, 0.15) is 27.9 Å². The maximum atomic E-state index is 13.1. The number of aliphatic imine (C=N–C) groups is 1. The molecule has 1 aromatic rings. The zero-order valence-corrected chi connectivity index (χ0v) is 27.3. The predicted molar refractivity (Wildman–Crippen MR) is 169 cm³/mol. The lowest BCUT2D eigenvalue weighted by molar-refractivity contribution is -0.156. The van der Waals surface area contributed by atoms with Gasteiger partial charge >= 0.3 is 5.97 Å². The molecule has 2 N–H and O–H groups in total. The summed E-state index contributed by atoms with van der Waals surface area (Å²) in [6, 6.07) is -0.806. The fourth-order valence-corrected chi connectivity index (χ4v) is 6.75. The van der Waals surface area contributed by atoms with Gasteiger partial charge in [0.05, 0.1) is 13.0 Å². The Kier molecular flexibility index (Phi) is 17.3. The SMILES string of the molecule is CCCCCCCC(=O)SCCCCC1CC(=O)NCc2nc(cs2)/C(=N/C)SCCC(=O)N[C@@H](C(C)C)C(=O)O1. The van der Waals surface area contributed by atoms with Crippen LogP contribution in [-0.4, -0.2) is 63.6 Å². The van der Waals surface area contributed by atoms with Crippen LogP contribution in [0.25, 0.3) is 0 Å². The van der Waals surface area contributed by atoms with Crippen LogP contribution in [0.3, 0.4) is 0 Å². The number of thioether (sulfide) groups is 2. The van der Waals surface area contributed by atoms with Crippen molar-refractivity contribution in [3.05, 3.63) is 16.1 Å². The zero-order valence-electron chi connectivity index (χ0n) is 24.9. The van der Waals surface area contributed by atoms with E-state index in [1.54, 1.807) is 7.05 Å². The van der Waals surface area contributed by atoms with Crippen LogP contribution in [0.4, 0.5) is 0 Å². The standard InChI is InChI=1S/C29H46N4O5S3/c1-5-6-7-8-9-13-26(36)39-15-11-10-12-21-17-24(35)31-18-25-32-22(19-41-25)28(30-4)40-16-14-23(34)33-27(20(2)3)29(37)38-21/h19-21,27H,5-18H2,1-4H3,(H,31,35)(H,33,34)/b30-28-/t21?,27-/m0/s1. The Labute approximate surface area is 257 Å². The molecule has 2 rings (SSSR count). The lowest BCUT2D eigenvalue weighted by atomic mass is 10.0. The normalized spacial score (nSPS) is 20.4. The van der Waals surface area contributed by atoms with E-state index >= 15 is 0 Å². The first kappa shape index (κ1) is 35.3. The number of carbonyl (C=O) groups excluding carboxylic acids is 4. The molecule has 2 amide bonds. The Morgan fingerprint density at radius 2 is 1.93 bits per heavy atom. The minimum absolute atomic E-state index is 0.0179. The Morgan fingerprint density at radius 3 is 2.66 bits per heavy atom. The average molecular weight is 627 g/mol. The third-order valence-electron chi connectivity index (χ3n) is 6.58. The Morgan fingerprint density at radius 1 is 1.15 bits per heavy atom. The van der Waals surface area contributed by atoms with Gasteiger partial charge in [-0.1, -0.05) is 58.2 Å². The molecule has 0 saturated heterocycles. The molecule has 0 aliphatic carbocycles. The largest absolute Gasteiger partial charge is 0.460 e. The van der Waals surface area contributed by atoms with Crippen molar-refractivity contribution in [2.75, 3.05) is 18.6 Å². The molecule has 1 unspecified atom stereocenters. The minimum atomic E-state index is -0.806. The lowest BCUT2D eigenvalue weighted by Crippen LogP contribution is -2.46. The predicted octanol–water partition coefficient (Wildman–Crippen LogP) is 5.51. The maximum Gasteiger partial charge on any atom is 0.329 e. The van der Waals surface area contributed by atoms with Gasteiger partial charge in [0, 0.05) is 36.8 Å². The summed E-state index contributed by atoms with van der Waals surface area (Å²) in [6.45, 7) is 6.16. The molecule has 1 aliphatic rings. The van der Waals surface area contributed by atoms with E-state index in [2.05, 4.69) is 27.5 Å². The van der Waals surface area contributed by atoms with Crippen molar-refractivity contribution < 1.29 is 23.9 Å². The highest BCUT2D eigenvalue weighted by molar-refractivity contribution is 8.14. The van der Waals surface area contributed by atoms with Gasteiger partial charge in [-0.05, 0) is 31.6 Å². The number of cyclic esters (lactones) is 1. The molecule has 2 atom stereocenters. The molecule has 1 aromatic heterocycles. The molecule has 1 aliphatic heterocycles. The highest BCUT2D eigenvalue weighted by Crippen LogP contribution is 2.20. The second-order valence-corrected chi connectivity index (χ2v) is 13.6. The van der Waals surface area contributed by atoms with Gasteiger partial charge in [-0.15, -0.1) is 23.1 Å². The summed E-state index contributed by atoms with van der Waals surface area (Å²) >= 11 is 4.23. The molecular weight excluding hydrogens is 581 g/mol. The molecule has 9 nitrogen and oxygen atoms in total.